The minimum atomic E-state index is -1.26. The molecule has 0 aliphatic heterocycles. The predicted octanol–water partition coefficient (Wildman–Crippen LogP) is 2.15. The van der Waals surface area contributed by atoms with Gasteiger partial charge in [-0.3, -0.25) is 0 Å². The fourth-order valence-electron chi connectivity index (χ4n) is 1.58. The van der Waals surface area contributed by atoms with Crippen molar-refractivity contribution in [3.8, 4) is 0 Å². The first kappa shape index (κ1) is 17.9. The highest BCUT2D eigenvalue weighted by Gasteiger charge is 2.17. The Balaban J connectivity index is 0.000000396. The van der Waals surface area contributed by atoms with Crippen LogP contribution in [0.1, 0.15) is 39.0 Å². The van der Waals surface area contributed by atoms with Gasteiger partial charge in [-0.25, -0.2) is 14.4 Å². The van der Waals surface area contributed by atoms with Crippen LogP contribution in [0.15, 0.2) is 24.3 Å². The molecule has 0 aromatic carbocycles. The van der Waals surface area contributed by atoms with Gasteiger partial charge in [0.15, 0.2) is 0 Å². The van der Waals surface area contributed by atoms with E-state index in [9.17, 15) is 14.4 Å². The van der Waals surface area contributed by atoms with Crippen molar-refractivity contribution >= 4 is 17.9 Å². The van der Waals surface area contributed by atoms with Gasteiger partial charge in [0.1, 0.15) is 6.10 Å². The summed E-state index contributed by atoms with van der Waals surface area (Å²) in [6.07, 6.45) is 6.98. The van der Waals surface area contributed by atoms with Crippen LogP contribution in [0, 0.1) is 0 Å². The molecule has 6 heteroatoms. The summed E-state index contributed by atoms with van der Waals surface area (Å²) in [7, 11) is 0. The third kappa shape index (κ3) is 9.87. The maximum atomic E-state index is 11.1. The van der Waals surface area contributed by atoms with E-state index in [1.165, 1.54) is 19.3 Å². The number of carbonyl (C=O) groups excluding carboxylic acids is 1. The zero-order chi connectivity index (χ0) is 15.5. The summed E-state index contributed by atoms with van der Waals surface area (Å²) in [5.41, 5.74) is 0.501. The first-order valence-corrected chi connectivity index (χ1v) is 6.33. The Bertz CT molecular complexity index is 374. The standard InChI is InChI=1S/C10H16O2.C4H4O4/c1-8(2)10(11)12-9-6-4-3-5-7-9;5-3(6)1-2-4(7)8/h9H,1,3-7H2,2H3;1-2H,(H,5,6)(H,7,8)/b;2-1-. The molecule has 0 unspecified atom stereocenters. The van der Waals surface area contributed by atoms with E-state index in [1.807, 2.05) is 0 Å². The van der Waals surface area contributed by atoms with Crippen LogP contribution >= 0.6 is 0 Å². The molecule has 1 fully saturated rings. The van der Waals surface area contributed by atoms with Crippen molar-refractivity contribution in [1.82, 2.24) is 0 Å². The first-order chi connectivity index (χ1) is 9.32. The number of carboxylic acids is 2. The fraction of sp³-hybridized carbons (Fsp3) is 0.500. The minimum Gasteiger partial charge on any atom is -0.478 e. The average Bonchev–Trinajstić information content (AvgIpc) is 2.38. The molecular formula is C14H20O6. The van der Waals surface area contributed by atoms with Gasteiger partial charge in [-0.1, -0.05) is 13.0 Å². The second-order valence-electron chi connectivity index (χ2n) is 4.46. The number of esters is 1. The van der Waals surface area contributed by atoms with Crippen LogP contribution in [0.5, 0.6) is 0 Å². The van der Waals surface area contributed by atoms with Crippen LogP contribution in [0.3, 0.4) is 0 Å². The third-order valence-electron chi connectivity index (χ3n) is 2.54. The van der Waals surface area contributed by atoms with Crippen molar-refractivity contribution in [2.45, 2.75) is 45.1 Å². The lowest BCUT2D eigenvalue weighted by molar-refractivity contribution is -0.145. The molecular weight excluding hydrogens is 264 g/mol. The average molecular weight is 284 g/mol. The molecule has 1 aliphatic rings. The van der Waals surface area contributed by atoms with E-state index in [1.54, 1.807) is 6.92 Å². The van der Waals surface area contributed by atoms with Gasteiger partial charge in [0, 0.05) is 17.7 Å². The molecule has 0 amide bonds. The van der Waals surface area contributed by atoms with Crippen LogP contribution < -0.4 is 0 Å². The second kappa shape index (κ2) is 9.77. The van der Waals surface area contributed by atoms with E-state index >= 15 is 0 Å². The monoisotopic (exact) mass is 284 g/mol. The summed E-state index contributed by atoms with van der Waals surface area (Å²) in [5, 5.41) is 15.6. The number of aliphatic carboxylic acids is 2. The second-order valence-corrected chi connectivity index (χ2v) is 4.46. The highest BCUT2D eigenvalue weighted by molar-refractivity contribution is 5.89. The van der Waals surface area contributed by atoms with Gasteiger partial charge in [-0.05, 0) is 32.6 Å². The molecule has 6 nitrogen and oxygen atoms in total. The summed E-state index contributed by atoms with van der Waals surface area (Å²) in [4.78, 5) is 30.2. The number of rotatable bonds is 4. The summed E-state index contributed by atoms with van der Waals surface area (Å²) in [6, 6.07) is 0. The molecule has 1 aliphatic carbocycles. The van der Waals surface area contributed by atoms with Crippen LogP contribution in [0.4, 0.5) is 0 Å². The van der Waals surface area contributed by atoms with Gasteiger partial charge in [0.05, 0.1) is 0 Å². The quantitative estimate of drug-likeness (QED) is 0.606. The van der Waals surface area contributed by atoms with Crippen molar-refractivity contribution in [1.29, 1.82) is 0 Å². The lowest BCUT2D eigenvalue weighted by atomic mass is 9.98. The van der Waals surface area contributed by atoms with Gasteiger partial charge in [-0.2, -0.15) is 0 Å². The highest BCUT2D eigenvalue weighted by Crippen LogP contribution is 2.20. The molecule has 0 heterocycles. The summed E-state index contributed by atoms with van der Waals surface area (Å²) >= 11 is 0. The lowest BCUT2D eigenvalue weighted by Gasteiger charge is -2.21. The molecule has 20 heavy (non-hydrogen) atoms. The molecule has 0 spiro atoms. The van der Waals surface area contributed by atoms with E-state index in [0.717, 1.165) is 12.8 Å². The van der Waals surface area contributed by atoms with E-state index in [2.05, 4.69) is 6.58 Å². The van der Waals surface area contributed by atoms with Gasteiger partial charge in [0.2, 0.25) is 0 Å². The normalized spacial score (nSPS) is 15.1. The molecule has 0 radical (unpaired) electrons. The minimum absolute atomic E-state index is 0.156. The van der Waals surface area contributed by atoms with Gasteiger partial charge < -0.3 is 14.9 Å². The molecule has 0 aromatic rings. The SMILES string of the molecule is C=C(C)C(=O)OC1CCCCC1.O=C(O)/C=C\C(=O)O. The zero-order valence-electron chi connectivity index (χ0n) is 11.5. The van der Waals surface area contributed by atoms with Gasteiger partial charge in [0.25, 0.3) is 0 Å². The van der Waals surface area contributed by atoms with Crippen LogP contribution in [-0.4, -0.2) is 34.2 Å². The topological polar surface area (TPSA) is 101 Å². The Morgan fingerprint density at radius 1 is 1.05 bits per heavy atom. The smallest absolute Gasteiger partial charge is 0.333 e. The van der Waals surface area contributed by atoms with Crippen molar-refractivity contribution in [2.75, 3.05) is 0 Å². The van der Waals surface area contributed by atoms with E-state index in [0.29, 0.717) is 17.7 Å². The number of hydrogen-bond donors (Lipinski definition) is 2. The van der Waals surface area contributed by atoms with Crippen molar-refractivity contribution < 1.29 is 29.3 Å². The van der Waals surface area contributed by atoms with Crippen molar-refractivity contribution in [2.24, 2.45) is 0 Å². The Hall–Kier alpha value is -2.11. The molecule has 2 N–H and O–H groups in total. The molecule has 0 bridgehead atoms. The predicted molar refractivity (Wildman–Crippen MR) is 72.2 cm³/mol. The highest BCUT2D eigenvalue weighted by atomic mass is 16.5. The first-order valence-electron chi connectivity index (χ1n) is 6.33. The Morgan fingerprint density at radius 2 is 1.50 bits per heavy atom. The summed E-state index contributed by atoms with van der Waals surface area (Å²) < 4.78 is 5.21. The number of carboxylic acid groups (broad SMARTS) is 2. The van der Waals surface area contributed by atoms with Crippen LogP contribution in [0.25, 0.3) is 0 Å². The lowest BCUT2D eigenvalue weighted by Crippen LogP contribution is -2.20. The molecule has 1 saturated carbocycles. The number of carbonyl (C=O) groups is 3. The molecule has 0 saturated heterocycles. The molecule has 0 atom stereocenters. The maximum Gasteiger partial charge on any atom is 0.333 e. The van der Waals surface area contributed by atoms with Gasteiger partial charge in [-0.15, -0.1) is 0 Å². The Labute approximate surface area is 117 Å². The summed E-state index contributed by atoms with van der Waals surface area (Å²) in [6.45, 7) is 5.23. The van der Waals surface area contributed by atoms with E-state index in [4.69, 9.17) is 14.9 Å². The third-order valence-corrected chi connectivity index (χ3v) is 2.54. The van der Waals surface area contributed by atoms with Crippen molar-refractivity contribution in [3.63, 3.8) is 0 Å². The molecule has 1 rings (SSSR count). The summed E-state index contributed by atoms with van der Waals surface area (Å²) in [5.74, 6) is -2.75. The fourth-order valence-corrected chi connectivity index (χ4v) is 1.58. The number of hydrogen-bond acceptors (Lipinski definition) is 4. The Morgan fingerprint density at radius 3 is 1.85 bits per heavy atom. The van der Waals surface area contributed by atoms with E-state index < -0.39 is 11.9 Å². The number of ether oxygens (including phenoxy) is 1. The van der Waals surface area contributed by atoms with Gasteiger partial charge >= 0.3 is 17.9 Å². The van der Waals surface area contributed by atoms with Crippen LogP contribution in [0.2, 0.25) is 0 Å². The van der Waals surface area contributed by atoms with E-state index in [-0.39, 0.29) is 12.1 Å². The largest absolute Gasteiger partial charge is 0.478 e. The maximum absolute atomic E-state index is 11.1. The Kier molecular flexibility index (Phi) is 8.74. The van der Waals surface area contributed by atoms with Crippen LogP contribution in [-0.2, 0) is 19.1 Å². The molecule has 112 valence electrons. The zero-order valence-corrected chi connectivity index (χ0v) is 11.5. The van der Waals surface area contributed by atoms with Crippen molar-refractivity contribution in [3.05, 3.63) is 24.3 Å². The molecule has 0 aromatic heterocycles.